The molecule has 1 unspecified atom stereocenters. The lowest BCUT2D eigenvalue weighted by molar-refractivity contribution is 0.0696. The molecule has 1 aromatic carbocycles. The number of carboxylic acid groups (broad SMARTS) is 1. The monoisotopic (exact) mass is 279 g/mol. The summed E-state index contributed by atoms with van der Waals surface area (Å²) in [5.41, 5.74) is 2.54. The highest BCUT2D eigenvalue weighted by Gasteiger charge is 2.14. The van der Waals surface area contributed by atoms with Crippen molar-refractivity contribution in [1.82, 2.24) is 4.90 Å². The summed E-state index contributed by atoms with van der Waals surface area (Å²) in [6.45, 7) is 8.75. The number of carboxylic acids is 1. The Kier molecular flexibility index (Phi) is 6.68. The molecule has 20 heavy (non-hydrogen) atoms. The third-order valence-electron chi connectivity index (χ3n) is 3.76. The van der Waals surface area contributed by atoms with E-state index in [0.29, 0.717) is 18.2 Å². The third kappa shape index (κ3) is 4.62. The van der Waals surface area contributed by atoms with Gasteiger partial charge in [-0.05, 0) is 43.5 Å². The molecule has 0 heterocycles. The van der Waals surface area contributed by atoms with Crippen molar-refractivity contribution in [2.75, 3.05) is 20.3 Å². The van der Waals surface area contributed by atoms with E-state index in [1.807, 2.05) is 13.0 Å². The molecule has 4 heteroatoms. The van der Waals surface area contributed by atoms with Crippen LogP contribution in [-0.2, 0) is 11.3 Å². The summed E-state index contributed by atoms with van der Waals surface area (Å²) in [4.78, 5) is 13.3. The van der Waals surface area contributed by atoms with Crippen LogP contribution < -0.4 is 0 Å². The third-order valence-corrected chi connectivity index (χ3v) is 3.76. The Morgan fingerprint density at radius 2 is 2.15 bits per heavy atom. The smallest absolute Gasteiger partial charge is 0.335 e. The van der Waals surface area contributed by atoms with Gasteiger partial charge in [0.15, 0.2) is 0 Å². The van der Waals surface area contributed by atoms with Crippen molar-refractivity contribution in [2.45, 2.75) is 39.8 Å². The summed E-state index contributed by atoms with van der Waals surface area (Å²) >= 11 is 0. The molecule has 0 aromatic heterocycles. The normalized spacial score (nSPS) is 12.7. The van der Waals surface area contributed by atoms with Crippen molar-refractivity contribution in [3.8, 4) is 0 Å². The fourth-order valence-corrected chi connectivity index (χ4v) is 2.15. The summed E-state index contributed by atoms with van der Waals surface area (Å²) in [6, 6.07) is 5.81. The number of aryl methyl sites for hydroxylation is 1. The summed E-state index contributed by atoms with van der Waals surface area (Å²) in [7, 11) is 1.71. The number of aromatic carboxylic acids is 1. The first-order chi connectivity index (χ1) is 9.49. The molecule has 112 valence electrons. The first-order valence-electron chi connectivity index (χ1n) is 7.05. The van der Waals surface area contributed by atoms with E-state index in [0.717, 1.165) is 25.1 Å². The van der Waals surface area contributed by atoms with E-state index < -0.39 is 5.97 Å². The maximum Gasteiger partial charge on any atom is 0.335 e. The van der Waals surface area contributed by atoms with E-state index in [2.05, 4.69) is 18.7 Å². The molecular formula is C16H25NO3. The van der Waals surface area contributed by atoms with Crippen LogP contribution in [0.2, 0.25) is 0 Å². The Morgan fingerprint density at radius 3 is 2.65 bits per heavy atom. The standard InChI is InChI=1S/C16H25NO3/c1-5-13(3)17(8-9-20-4)11-15-7-6-14(16(18)19)10-12(15)2/h6-7,10,13H,5,8-9,11H2,1-4H3,(H,18,19). The van der Waals surface area contributed by atoms with Crippen LogP contribution in [0.15, 0.2) is 18.2 Å². The fourth-order valence-electron chi connectivity index (χ4n) is 2.15. The topological polar surface area (TPSA) is 49.8 Å². The molecule has 0 spiro atoms. The van der Waals surface area contributed by atoms with E-state index >= 15 is 0 Å². The minimum Gasteiger partial charge on any atom is -0.478 e. The summed E-state index contributed by atoms with van der Waals surface area (Å²) in [5, 5.41) is 9.00. The maximum atomic E-state index is 11.0. The molecule has 4 nitrogen and oxygen atoms in total. The quantitative estimate of drug-likeness (QED) is 0.795. The second-order valence-corrected chi connectivity index (χ2v) is 5.17. The van der Waals surface area contributed by atoms with Gasteiger partial charge in [-0.25, -0.2) is 4.79 Å². The molecule has 0 fully saturated rings. The van der Waals surface area contributed by atoms with Gasteiger partial charge >= 0.3 is 5.97 Å². The number of hydrogen-bond acceptors (Lipinski definition) is 3. The molecule has 0 saturated heterocycles. The highest BCUT2D eigenvalue weighted by atomic mass is 16.5. The minimum absolute atomic E-state index is 0.346. The van der Waals surface area contributed by atoms with E-state index in [4.69, 9.17) is 9.84 Å². The van der Waals surface area contributed by atoms with Gasteiger partial charge in [0.05, 0.1) is 12.2 Å². The summed E-state index contributed by atoms with van der Waals surface area (Å²) in [5.74, 6) is -0.877. The Morgan fingerprint density at radius 1 is 1.45 bits per heavy atom. The van der Waals surface area contributed by atoms with Crippen molar-refractivity contribution in [3.63, 3.8) is 0 Å². The molecule has 0 bridgehead atoms. The zero-order chi connectivity index (χ0) is 15.1. The van der Waals surface area contributed by atoms with Crippen LogP contribution in [0.5, 0.6) is 0 Å². The lowest BCUT2D eigenvalue weighted by Gasteiger charge is -2.28. The van der Waals surface area contributed by atoms with Gasteiger partial charge in [-0.15, -0.1) is 0 Å². The van der Waals surface area contributed by atoms with Crippen LogP contribution in [0, 0.1) is 6.92 Å². The molecule has 0 amide bonds. The molecule has 1 N–H and O–H groups in total. The molecule has 0 aliphatic rings. The number of ether oxygens (including phenoxy) is 1. The van der Waals surface area contributed by atoms with Crippen LogP contribution in [0.3, 0.4) is 0 Å². The van der Waals surface area contributed by atoms with Crippen molar-refractivity contribution < 1.29 is 14.6 Å². The van der Waals surface area contributed by atoms with E-state index in [-0.39, 0.29) is 0 Å². The number of benzene rings is 1. The van der Waals surface area contributed by atoms with Gasteiger partial charge in [-0.3, -0.25) is 4.90 Å². The first-order valence-corrected chi connectivity index (χ1v) is 7.05. The molecule has 0 aliphatic heterocycles. The number of methoxy groups -OCH3 is 1. The largest absolute Gasteiger partial charge is 0.478 e. The van der Waals surface area contributed by atoms with Crippen LogP contribution in [-0.4, -0.2) is 42.3 Å². The number of rotatable bonds is 8. The predicted octanol–water partition coefficient (Wildman–Crippen LogP) is 2.94. The van der Waals surface area contributed by atoms with Gasteiger partial charge in [0, 0.05) is 26.2 Å². The zero-order valence-corrected chi connectivity index (χ0v) is 12.8. The second-order valence-electron chi connectivity index (χ2n) is 5.17. The molecule has 0 radical (unpaired) electrons. The number of hydrogen-bond donors (Lipinski definition) is 1. The molecule has 0 saturated carbocycles. The van der Waals surface area contributed by atoms with Crippen molar-refractivity contribution in [3.05, 3.63) is 34.9 Å². The lowest BCUT2D eigenvalue weighted by atomic mass is 10.0. The van der Waals surface area contributed by atoms with Crippen LogP contribution >= 0.6 is 0 Å². The highest BCUT2D eigenvalue weighted by Crippen LogP contribution is 2.16. The first kappa shape index (κ1) is 16.7. The highest BCUT2D eigenvalue weighted by molar-refractivity contribution is 5.87. The van der Waals surface area contributed by atoms with Gasteiger partial charge < -0.3 is 9.84 Å². The van der Waals surface area contributed by atoms with Crippen LogP contribution in [0.4, 0.5) is 0 Å². The molecule has 1 rings (SSSR count). The summed E-state index contributed by atoms with van der Waals surface area (Å²) in [6.07, 6.45) is 1.08. The van der Waals surface area contributed by atoms with Crippen LogP contribution in [0.1, 0.15) is 41.8 Å². The second kappa shape index (κ2) is 8.02. The Hall–Kier alpha value is -1.39. The van der Waals surface area contributed by atoms with E-state index in [1.165, 1.54) is 5.56 Å². The van der Waals surface area contributed by atoms with Gasteiger partial charge in [-0.1, -0.05) is 13.0 Å². The van der Waals surface area contributed by atoms with E-state index in [1.54, 1.807) is 19.2 Å². The Labute approximate surface area is 121 Å². The number of nitrogens with zero attached hydrogens (tertiary/aromatic N) is 1. The maximum absolute atomic E-state index is 11.0. The minimum atomic E-state index is -0.877. The van der Waals surface area contributed by atoms with Gasteiger partial charge in [0.2, 0.25) is 0 Å². The molecule has 1 aromatic rings. The molecule has 1 atom stereocenters. The van der Waals surface area contributed by atoms with Crippen LogP contribution in [0.25, 0.3) is 0 Å². The average molecular weight is 279 g/mol. The van der Waals surface area contributed by atoms with E-state index in [9.17, 15) is 4.79 Å². The fraction of sp³-hybridized carbons (Fsp3) is 0.562. The molecule has 0 aliphatic carbocycles. The van der Waals surface area contributed by atoms with Gasteiger partial charge in [0.1, 0.15) is 0 Å². The zero-order valence-electron chi connectivity index (χ0n) is 12.8. The van der Waals surface area contributed by atoms with Crippen molar-refractivity contribution in [1.29, 1.82) is 0 Å². The predicted molar refractivity (Wildman–Crippen MR) is 80.2 cm³/mol. The lowest BCUT2D eigenvalue weighted by Crippen LogP contribution is -2.35. The molecular weight excluding hydrogens is 254 g/mol. The Bertz CT molecular complexity index is 445. The van der Waals surface area contributed by atoms with Crippen molar-refractivity contribution >= 4 is 5.97 Å². The Balaban J connectivity index is 2.84. The summed E-state index contributed by atoms with van der Waals surface area (Å²) < 4.78 is 5.17. The average Bonchev–Trinajstić information content (AvgIpc) is 2.43. The van der Waals surface area contributed by atoms with Crippen molar-refractivity contribution in [2.24, 2.45) is 0 Å². The van der Waals surface area contributed by atoms with Gasteiger partial charge in [0.25, 0.3) is 0 Å². The number of carbonyl (C=O) groups is 1. The SMILES string of the molecule is CCC(C)N(CCOC)Cc1ccc(C(=O)O)cc1C. The van der Waals surface area contributed by atoms with Gasteiger partial charge in [-0.2, -0.15) is 0 Å².